The van der Waals surface area contributed by atoms with Gasteiger partial charge >= 0.3 is 5.69 Å². The van der Waals surface area contributed by atoms with Crippen LogP contribution < -0.4 is 21.9 Å². The Balaban J connectivity index is 1.54. The molecule has 0 spiro atoms. The molecule has 4 aromatic rings. The Kier molecular flexibility index (Phi) is 8.11. The minimum absolute atomic E-state index is 0.0834. The summed E-state index contributed by atoms with van der Waals surface area (Å²) in [5, 5.41) is 0. The lowest BCUT2D eigenvalue weighted by Crippen LogP contribution is -2.53. The highest BCUT2D eigenvalue weighted by atomic mass is 19.1. The van der Waals surface area contributed by atoms with Crippen LogP contribution in [-0.4, -0.2) is 39.6 Å². The average molecular weight is 560 g/mol. The van der Waals surface area contributed by atoms with Crippen LogP contribution in [0.25, 0.3) is 0 Å². The summed E-state index contributed by atoms with van der Waals surface area (Å²) in [6, 6.07) is 21.4. The van der Waals surface area contributed by atoms with Crippen LogP contribution in [0.15, 0.2) is 88.5 Å². The van der Waals surface area contributed by atoms with Gasteiger partial charge < -0.3 is 15.5 Å². The zero-order valence-corrected chi connectivity index (χ0v) is 22.7. The number of carbonyl (C=O) groups is 1. The number of carbonyl (C=O) groups excluding carboxylic acids is 1. The van der Waals surface area contributed by atoms with Crippen LogP contribution in [-0.2, 0) is 24.4 Å². The van der Waals surface area contributed by atoms with Crippen molar-refractivity contribution in [2.24, 2.45) is 5.73 Å². The largest absolute Gasteiger partial charge is 0.355 e. The first kappa shape index (κ1) is 28.0. The van der Waals surface area contributed by atoms with Gasteiger partial charge in [-0.25, -0.2) is 13.6 Å². The Hall–Kier alpha value is -4.57. The fourth-order valence-corrected chi connectivity index (χ4v) is 5.21. The maximum Gasteiger partial charge on any atom is 0.331 e. The summed E-state index contributed by atoms with van der Waals surface area (Å²) in [7, 11) is 0. The summed E-state index contributed by atoms with van der Waals surface area (Å²) in [5.74, 6) is -1.79. The monoisotopic (exact) mass is 559 g/mol. The van der Waals surface area contributed by atoms with Gasteiger partial charge in [0.05, 0.1) is 19.6 Å². The molecule has 0 bridgehead atoms. The third-order valence-electron chi connectivity index (χ3n) is 7.49. The first-order chi connectivity index (χ1) is 19.7. The molecule has 1 aromatic heterocycles. The van der Waals surface area contributed by atoms with Crippen molar-refractivity contribution in [3.8, 4) is 0 Å². The Morgan fingerprint density at radius 2 is 1.44 bits per heavy atom. The standard InChI is InChI=1S/C31H31F2N5O3/c1-21-29(36-16-15-35(28(39)20-36)17-22-9-4-2-5-10-22)30(40)38(19-27(34)23-11-6-3-7-12-23)31(41)37(21)18-24-25(32)13-8-14-26(24)33/h2-14,27H,15-20,34H2,1H3/t27-/m0/s1. The van der Waals surface area contributed by atoms with E-state index in [9.17, 15) is 23.2 Å². The zero-order valence-electron chi connectivity index (χ0n) is 22.7. The van der Waals surface area contributed by atoms with E-state index < -0.39 is 35.5 Å². The lowest BCUT2D eigenvalue weighted by atomic mass is 10.1. The second-order valence-electron chi connectivity index (χ2n) is 10.2. The number of piperazine rings is 1. The van der Waals surface area contributed by atoms with Crippen molar-refractivity contribution < 1.29 is 13.6 Å². The highest BCUT2D eigenvalue weighted by molar-refractivity contribution is 5.83. The third-order valence-corrected chi connectivity index (χ3v) is 7.49. The van der Waals surface area contributed by atoms with E-state index in [1.807, 2.05) is 36.4 Å². The summed E-state index contributed by atoms with van der Waals surface area (Å²) in [5.41, 5.74) is 6.81. The van der Waals surface area contributed by atoms with Gasteiger partial charge in [-0.15, -0.1) is 0 Å². The average Bonchev–Trinajstić information content (AvgIpc) is 2.97. The van der Waals surface area contributed by atoms with Gasteiger partial charge in [0, 0.05) is 36.9 Å². The molecule has 0 radical (unpaired) electrons. The number of halogens is 2. The predicted molar refractivity (Wildman–Crippen MR) is 153 cm³/mol. The van der Waals surface area contributed by atoms with Crippen molar-refractivity contribution in [1.82, 2.24) is 14.0 Å². The van der Waals surface area contributed by atoms with E-state index in [2.05, 4.69) is 0 Å². The minimum atomic E-state index is -0.804. The molecule has 1 amide bonds. The lowest BCUT2D eigenvalue weighted by Gasteiger charge is -2.36. The van der Waals surface area contributed by atoms with E-state index in [0.717, 1.165) is 27.8 Å². The normalized spacial score (nSPS) is 14.4. The van der Waals surface area contributed by atoms with Crippen molar-refractivity contribution in [2.75, 3.05) is 24.5 Å². The first-order valence-corrected chi connectivity index (χ1v) is 13.4. The Morgan fingerprint density at radius 1 is 0.805 bits per heavy atom. The number of benzene rings is 3. The van der Waals surface area contributed by atoms with E-state index >= 15 is 0 Å². The SMILES string of the molecule is Cc1c(N2CCN(Cc3ccccc3)C(=O)C2)c(=O)n(C[C@H](N)c2ccccc2)c(=O)n1Cc1c(F)cccc1F. The molecule has 1 saturated heterocycles. The van der Waals surface area contributed by atoms with Crippen LogP contribution in [0.2, 0.25) is 0 Å². The molecule has 0 unspecified atom stereocenters. The predicted octanol–water partition coefficient (Wildman–Crippen LogP) is 3.19. The smallest absolute Gasteiger partial charge is 0.331 e. The molecule has 5 rings (SSSR count). The Morgan fingerprint density at radius 3 is 2.07 bits per heavy atom. The molecule has 1 atom stereocenters. The maximum atomic E-state index is 14.6. The van der Waals surface area contributed by atoms with Crippen molar-refractivity contribution in [2.45, 2.75) is 32.6 Å². The van der Waals surface area contributed by atoms with Crippen molar-refractivity contribution in [1.29, 1.82) is 0 Å². The van der Waals surface area contributed by atoms with Gasteiger partial charge in [-0.1, -0.05) is 66.7 Å². The molecule has 2 heterocycles. The van der Waals surface area contributed by atoms with Gasteiger partial charge in [0.15, 0.2) is 0 Å². The van der Waals surface area contributed by atoms with Gasteiger partial charge in [-0.05, 0) is 30.2 Å². The number of rotatable bonds is 8. The molecular weight excluding hydrogens is 528 g/mol. The molecule has 3 aromatic carbocycles. The second kappa shape index (κ2) is 11.9. The molecular formula is C31H31F2N5O3. The maximum absolute atomic E-state index is 14.6. The number of nitrogens with two attached hydrogens (primary N) is 1. The Labute approximate surface area is 235 Å². The number of hydrogen-bond acceptors (Lipinski definition) is 5. The number of aromatic nitrogens is 2. The van der Waals surface area contributed by atoms with Crippen LogP contribution in [0.3, 0.4) is 0 Å². The fraction of sp³-hybridized carbons (Fsp3) is 0.258. The number of amides is 1. The van der Waals surface area contributed by atoms with Gasteiger partial charge in [-0.2, -0.15) is 0 Å². The fourth-order valence-electron chi connectivity index (χ4n) is 5.21. The summed E-state index contributed by atoms with van der Waals surface area (Å²) < 4.78 is 31.4. The number of anilines is 1. The van der Waals surface area contributed by atoms with Gasteiger partial charge in [0.2, 0.25) is 5.91 Å². The van der Waals surface area contributed by atoms with Gasteiger partial charge in [-0.3, -0.25) is 18.7 Å². The van der Waals surface area contributed by atoms with E-state index in [4.69, 9.17) is 5.73 Å². The molecule has 8 nitrogen and oxygen atoms in total. The number of nitrogens with zero attached hydrogens (tertiary/aromatic N) is 4. The van der Waals surface area contributed by atoms with Crippen LogP contribution in [0, 0.1) is 18.6 Å². The molecule has 0 saturated carbocycles. The van der Waals surface area contributed by atoms with E-state index in [0.29, 0.717) is 19.6 Å². The molecule has 0 aliphatic carbocycles. The lowest BCUT2D eigenvalue weighted by molar-refractivity contribution is -0.131. The van der Waals surface area contributed by atoms with Crippen molar-refractivity contribution >= 4 is 11.6 Å². The molecule has 10 heteroatoms. The summed E-state index contributed by atoms with van der Waals surface area (Å²) in [4.78, 5) is 44.1. The van der Waals surface area contributed by atoms with E-state index in [-0.39, 0.29) is 35.9 Å². The second-order valence-corrected chi connectivity index (χ2v) is 10.2. The zero-order chi connectivity index (χ0) is 29.1. The molecule has 1 aliphatic rings. The van der Waals surface area contributed by atoms with Gasteiger partial charge in [0.25, 0.3) is 5.56 Å². The highest BCUT2D eigenvalue weighted by Crippen LogP contribution is 2.21. The van der Waals surface area contributed by atoms with E-state index in [1.165, 1.54) is 10.6 Å². The number of hydrogen-bond donors (Lipinski definition) is 1. The summed E-state index contributed by atoms with van der Waals surface area (Å²) in [6.07, 6.45) is 0. The minimum Gasteiger partial charge on any atom is -0.355 e. The molecule has 1 aliphatic heterocycles. The molecule has 41 heavy (non-hydrogen) atoms. The summed E-state index contributed by atoms with van der Waals surface area (Å²) in [6.45, 7) is 2.02. The van der Waals surface area contributed by atoms with Crippen LogP contribution >= 0.6 is 0 Å². The van der Waals surface area contributed by atoms with Gasteiger partial charge in [0.1, 0.15) is 17.3 Å². The molecule has 212 valence electrons. The molecule has 1 fully saturated rings. The topological polar surface area (TPSA) is 93.6 Å². The van der Waals surface area contributed by atoms with Crippen LogP contribution in [0.1, 0.15) is 28.4 Å². The van der Waals surface area contributed by atoms with Crippen LogP contribution in [0.5, 0.6) is 0 Å². The van der Waals surface area contributed by atoms with Crippen molar-refractivity contribution in [3.63, 3.8) is 0 Å². The third kappa shape index (κ3) is 5.83. The molecule has 2 N–H and O–H groups in total. The Bertz CT molecular complexity index is 1650. The van der Waals surface area contributed by atoms with E-state index in [1.54, 1.807) is 41.0 Å². The van der Waals surface area contributed by atoms with Crippen molar-refractivity contribution in [3.05, 3.63) is 134 Å². The first-order valence-electron chi connectivity index (χ1n) is 13.4. The quantitative estimate of drug-likeness (QED) is 0.358. The highest BCUT2D eigenvalue weighted by Gasteiger charge is 2.30. The summed E-state index contributed by atoms with van der Waals surface area (Å²) >= 11 is 0. The van der Waals surface area contributed by atoms with Crippen LogP contribution in [0.4, 0.5) is 14.5 Å².